The molecular weight excluding hydrogens is 342 g/mol. The third-order valence-electron chi connectivity index (χ3n) is 4.26. The van der Waals surface area contributed by atoms with Crippen molar-refractivity contribution in [1.29, 1.82) is 0 Å². The van der Waals surface area contributed by atoms with Gasteiger partial charge in [0, 0.05) is 39.5 Å². The maximum absolute atomic E-state index is 12.6. The van der Waals surface area contributed by atoms with Crippen LogP contribution in [0.3, 0.4) is 0 Å². The highest BCUT2D eigenvalue weighted by atomic mass is 32.1. The molecule has 8 nitrogen and oxygen atoms in total. The summed E-state index contributed by atoms with van der Waals surface area (Å²) in [6, 6.07) is 0. The van der Waals surface area contributed by atoms with E-state index in [0.29, 0.717) is 30.5 Å². The Balaban J connectivity index is 1.80. The summed E-state index contributed by atoms with van der Waals surface area (Å²) < 4.78 is 6.18. The van der Waals surface area contributed by atoms with Gasteiger partial charge in [0.2, 0.25) is 10.1 Å². The fourth-order valence-corrected chi connectivity index (χ4v) is 3.83. The van der Waals surface area contributed by atoms with Gasteiger partial charge in [0.1, 0.15) is 5.56 Å². The van der Waals surface area contributed by atoms with E-state index in [1.165, 1.54) is 28.5 Å². The average molecular weight is 365 g/mol. The van der Waals surface area contributed by atoms with Gasteiger partial charge in [0.15, 0.2) is 0 Å². The van der Waals surface area contributed by atoms with E-state index < -0.39 is 11.5 Å². The molecule has 1 amide bonds. The van der Waals surface area contributed by atoms with Crippen LogP contribution < -0.4 is 15.8 Å². The molecule has 3 rings (SSSR count). The molecule has 2 aromatic heterocycles. The second-order valence-electron chi connectivity index (χ2n) is 6.35. The summed E-state index contributed by atoms with van der Waals surface area (Å²) in [5, 5.41) is 7.90. The number of aromatic nitrogens is 3. The second kappa shape index (κ2) is 7.92. The Morgan fingerprint density at radius 3 is 3.12 bits per heavy atom. The summed E-state index contributed by atoms with van der Waals surface area (Å²) in [6.45, 7) is 5.09. The molecule has 9 heteroatoms. The average Bonchev–Trinajstić information content (AvgIpc) is 3.04. The normalized spacial score (nSPS) is 17.8. The Kier molecular flexibility index (Phi) is 5.64. The summed E-state index contributed by atoms with van der Waals surface area (Å²) in [6.07, 6.45) is 4.36. The number of carbonyl (C=O) groups is 1. The highest BCUT2D eigenvalue weighted by Crippen LogP contribution is 2.26. The first kappa shape index (κ1) is 17.8. The zero-order chi connectivity index (χ0) is 17.8. The molecule has 25 heavy (non-hydrogen) atoms. The molecule has 0 aromatic carbocycles. The van der Waals surface area contributed by atoms with Gasteiger partial charge >= 0.3 is 0 Å². The predicted molar refractivity (Wildman–Crippen MR) is 96.6 cm³/mol. The molecule has 1 N–H and O–H groups in total. The van der Waals surface area contributed by atoms with Crippen molar-refractivity contribution in [2.75, 3.05) is 38.3 Å². The van der Waals surface area contributed by atoms with Gasteiger partial charge < -0.3 is 15.0 Å². The second-order valence-corrected chi connectivity index (χ2v) is 7.29. The fraction of sp³-hybridized carbons (Fsp3) is 0.625. The van der Waals surface area contributed by atoms with Crippen molar-refractivity contribution in [3.05, 3.63) is 22.1 Å². The quantitative estimate of drug-likeness (QED) is 0.773. The van der Waals surface area contributed by atoms with Crippen LogP contribution in [0.5, 0.6) is 0 Å². The van der Waals surface area contributed by atoms with Gasteiger partial charge in [0.25, 0.3) is 11.5 Å². The van der Waals surface area contributed by atoms with Crippen LogP contribution in [0.25, 0.3) is 4.96 Å². The Morgan fingerprint density at radius 2 is 2.36 bits per heavy atom. The Bertz CT molecular complexity index is 803. The summed E-state index contributed by atoms with van der Waals surface area (Å²) >= 11 is 1.38. The molecule has 1 unspecified atom stereocenters. The molecule has 3 heterocycles. The Labute approximate surface area is 149 Å². The van der Waals surface area contributed by atoms with Gasteiger partial charge in [-0.2, -0.15) is 4.52 Å². The molecule has 1 aliphatic rings. The van der Waals surface area contributed by atoms with Gasteiger partial charge in [-0.25, -0.2) is 4.98 Å². The van der Waals surface area contributed by atoms with E-state index in [2.05, 4.69) is 27.2 Å². The lowest BCUT2D eigenvalue weighted by Gasteiger charge is -2.30. The molecule has 0 spiro atoms. The zero-order valence-corrected chi connectivity index (χ0v) is 15.3. The molecule has 1 saturated heterocycles. The van der Waals surface area contributed by atoms with E-state index >= 15 is 0 Å². The van der Waals surface area contributed by atoms with Crippen molar-refractivity contribution >= 4 is 27.3 Å². The van der Waals surface area contributed by atoms with E-state index in [1.807, 2.05) is 0 Å². The summed E-state index contributed by atoms with van der Waals surface area (Å²) in [5.74, 6) is 0.183. The van der Waals surface area contributed by atoms with Gasteiger partial charge in [-0.3, -0.25) is 9.59 Å². The van der Waals surface area contributed by atoms with E-state index in [0.717, 1.165) is 24.6 Å². The number of rotatable bonds is 6. The molecule has 1 atom stereocenters. The van der Waals surface area contributed by atoms with Gasteiger partial charge in [-0.15, -0.1) is 5.10 Å². The number of nitrogens with one attached hydrogen (secondary N) is 1. The van der Waals surface area contributed by atoms with Crippen molar-refractivity contribution in [2.24, 2.45) is 5.92 Å². The highest BCUT2D eigenvalue weighted by molar-refractivity contribution is 7.20. The van der Waals surface area contributed by atoms with E-state index in [9.17, 15) is 9.59 Å². The lowest BCUT2D eigenvalue weighted by molar-refractivity contribution is 0.0946. The zero-order valence-electron chi connectivity index (χ0n) is 14.5. The molecule has 0 radical (unpaired) electrons. The number of anilines is 1. The molecule has 0 bridgehead atoms. The SMILES string of the molecule is COCCCNC(=O)c1cnc2sc(N3CCCC(C)C3)nn2c1=O. The first-order chi connectivity index (χ1) is 12.1. The number of hydrogen-bond acceptors (Lipinski definition) is 7. The molecule has 0 aliphatic carbocycles. The lowest BCUT2D eigenvalue weighted by Crippen LogP contribution is -2.35. The smallest absolute Gasteiger partial charge is 0.288 e. The lowest BCUT2D eigenvalue weighted by atomic mass is 10.0. The van der Waals surface area contributed by atoms with Crippen molar-refractivity contribution in [3.63, 3.8) is 0 Å². The van der Waals surface area contributed by atoms with E-state index in [4.69, 9.17) is 4.74 Å². The number of piperidine rings is 1. The summed E-state index contributed by atoms with van der Waals surface area (Å²) in [5.41, 5.74) is -0.416. The van der Waals surface area contributed by atoms with Crippen molar-refractivity contribution in [1.82, 2.24) is 19.9 Å². The Morgan fingerprint density at radius 1 is 1.52 bits per heavy atom. The number of ether oxygens (including phenoxy) is 1. The van der Waals surface area contributed by atoms with Crippen molar-refractivity contribution < 1.29 is 9.53 Å². The molecule has 136 valence electrons. The summed E-state index contributed by atoms with van der Waals surface area (Å²) in [4.78, 5) is 31.7. The van der Waals surface area contributed by atoms with E-state index in [-0.39, 0.29) is 5.56 Å². The number of amides is 1. The van der Waals surface area contributed by atoms with Crippen LogP contribution in [0, 0.1) is 5.92 Å². The van der Waals surface area contributed by atoms with Gasteiger partial charge in [0.05, 0.1) is 0 Å². The molecule has 1 aliphatic heterocycles. The monoisotopic (exact) mass is 365 g/mol. The Hall–Kier alpha value is -2.00. The molecule has 2 aromatic rings. The number of carbonyl (C=O) groups excluding carboxylic acids is 1. The predicted octanol–water partition coefficient (Wildman–Crippen LogP) is 1.15. The highest BCUT2D eigenvalue weighted by Gasteiger charge is 2.22. The number of nitrogens with zero attached hydrogens (tertiary/aromatic N) is 4. The van der Waals surface area contributed by atoms with Crippen LogP contribution in [0.1, 0.15) is 36.5 Å². The fourth-order valence-electron chi connectivity index (χ4n) is 2.94. The molecule has 0 saturated carbocycles. The van der Waals surface area contributed by atoms with Crippen LogP contribution >= 0.6 is 11.3 Å². The number of methoxy groups -OCH3 is 1. The minimum atomic E-state index is -0.429. The number of hydrogen-bond donors (Lipinski definition) is 1. The summed E-state index contributed by atoms with van der Waals surface area (Å²) in [7, 11) is 1.61. The van der Waals surface area contributed by atoms with Crippen molar-refractivity contribution in [3.8, 4) is 0 Å². The number of fused-ring (bicyclic) bond motifs is 1. The largest absolute Gasteiger partial charge is 0.385 e. The van der Waals surface area contributed by atoms with Gasteiger partial charge in [-0.1, -0.05) is 18.3 Å². The van der Waals surface area contributed by atoms with Crippen LogP contribution in [-0.2, 0) is 4.74 Å². The standard InChI is InChI=1S/C16H23N5O3S/c1-11-5-3-7-20(10-11)16-19-21-14(23)12(9-18-15(21)25-16)13(22)17-6-4-8-24-2/h9,11H,3-8,10H2,1-2H3,(H,17,22). The maximum atomic E-state index is 12.6. The first-order valence-electron chi connectivity index (χ1n) is 8.51. The van der Waals surface area contributed by atoms with Crippen molar-refractivity contribution in [2.45, 2.75) is 26.2 Å². The van der Waals surface area contributed by atoms with Gasteiger partial charge in [-0.05, 0) is 25.2 Å². The maximum Gasteiger partial charge on any atom is 0.288 e. The van der Waals surface area contributed by atoms with Crippen LogP contribution in [-0.4, -0.2) is 53.9 Å². The third-order valence-corrected chi connectivity index (χ3v) is 5.24. The van der Waals surface area contributed by atoms with Crippen LogP contribution in [0.15, 0.2) is 11.0 Å². The minimum Gasteiger partial charge on any atom is -0.385 e. The van der Waals surface area contributed by atoms with E-state index in [1.54, 1.807) is 7.11 Å². The van der Waals surface area contributed by atoms with Crippen LogP contribution in [0.4, 0.5) is 5.13 Å². The molecular formula is C16H23N5O3S. The third kappa shape index (κ3) is 3.98. The van der Waals surface area contributed by atoms with Crippen LogP contribution in [0.2, 0.25) is 0 Å². The molecule has 1 fully saturated rings. The first-order valence-corrected chi connectivity index (χ1v) is 9.32. The minimum absolute atomic E-state index is 0.0128. The topological polar surface area (TPSA) is 88.8 Å².